The average molecular weight is 254 g/mol. The summed E-state index contributed by atoms with van der Waals surface area (Å²) in [5.41, 5.74) is 0. The van der Waals surface area contributed by atoms with E-state index in [4.69, 9.17) is 4.74 Å². The van der Waals surface area contributed by atoms with Crippen molar-refractivity contribution in [3.8, 4) is 5.75 Å². The molecule has 100 valence electrons. The molecule has 1 unspecified atom stereocenters. The van der Waals surface area contributed by atoms with Gasteiger partial charge in [-0.3, -0.25) is 4.79 Å². The van der Waals surface area contributed by atoms with Crippen LogP contribution in [0.3, 0.4) is 0 Å². The molecule has 0 spiro atoms. The van der Waals surface area contributed by atoms with Gasteiger partial charge in [0.2, 0.25) is 0 Å². The van der Waals surface area contributed by atoms with Crippen molar-refractivity contribution in [2.24, 2.45) is 0 Å². The van der Waals surface area contributed by atoms with Crippen LogP contribution in [0.1, 0.15) is 6.92 Å². The predicted octanol–water partition coefficient (Wildman–Crippen LogP) is 1.27. The minimum Gasteiger partial charge on any atom is -0.478 e. The monoisotopic (exact) mass is 254 g/mol. The third kappa shape index (κ3) is 4.00. The number of rotatable bonds is 6. The Balaban J connectivity index is 2.57. The molecule has 0 aliphatic heterocycles. The lowest BCUT2D eigenvalue weighted by molar-refractivity contribution is -0.136. The van der Waals surface area contributed by atoms with Crippen molar-refractivity contribution in [1.82, 2.24) is 10.2 Å². The maximum absolute atomic E-state index is 13.4. The highest BCUT2D eigenvalue weighted by Crippen LogP contribution is 2.17. The summed E-state index contributed by atoms with van der Waals surface area (Å²) < 4.78 is 18.7. The van der Waals surface area contributed by atoms with Crippen molar-refractivity contribution < 1.29 is 13.9 Å². The summed E-state index contributed by atoms with van der Waals surface area (Å²) in [6, 6.07) is 6.05. The summed E-state index contributed by atoms with van der Waals surface area (Å²) in [7, 11) is 3.51. The number of carbonyl (C=O) groups excluding carboxylic acids is 1. The molecule has 0 bridgehead atoms. The molecule has 18 heavy (non-hydrogen) atoms. The first kappa shape index (κ1) is 14.4. The van der Waals surface area contributed by atoms with Crippen molar-refractivity contribution >= 4 is 5.91 Å². The molecule has 1 rings (SSSR count). The van der Waals surface area contributed by atoms with E-state index in [0.717, 1.165) is 0 Å². The molecule has 0 fully saturated rings. The number of amides is 1. The third-order valence-corrected chi connectivity index (χ3v) is 2.56. The third-order valence-electron chi connectivity index (χ3n) is 2.56. The minimum atomic E-state index is -0.705. The highest BCUT2D eigenvalue weighted by molar-refractivity contribution is 5.80. The van der Waals surface area contributed by atoms with Crippen LogP contribution in [0.2, 0.25) is 0 Å². The molecule has 0 aromatic heterocycles. The smallest absolute Gasteiger partial charge is 0.263 e. The fraction of sp³-hybridized carbons (Fsp3) is 0.462. The van der Waals surface area contributed by atoms with E-state index in [1.807, 2.05) is 7.05 Å². The molecule has 5 heteroatoms. The first-order valence-corrected chi connectivity index (χ1v) is 5.87. The fourth-order valence-corrected chi connectivity index (χ4v) is 1.48. The van der Waals surface area contributed by atoms with Gasteiger partial charge in [-0.25, -0.2) is 4.39 Å². The van der Waals surface area contributed by atoms with Crippen LogP contribution in [0.4, 0.5) is 4.39 Å². The first-order chi connectivity index (χ1) is 8.56. The summed E-state index contributed by atoms with van der Waals surface area (Å²) in [6.45, 7) is 2.90. The molecule has 1 atom stereocenters. The van der Waals surface area contributed by atoms with Crippen molar-refractivity contribution in [2.45, 2.75) is 13.0 Å². The Morgan fingerprint density at radius 2 is 2.17 bits per heavy atom. The molecule has 1 aromatic carbocycles. The van der Waals surface area contributed by atoms with Gasteiger partial charge in [-0.1, -0.05) is 12.1 Å². The van der Waals surface area contributed by atoms with Crippen LogP contribution < -0.4 is 10.1 Å². The molecule has 0 aliphatic carbocycles. The van der Waals surface area contributed by atoms with E-state index >= 15 is 0 Å². The quantitative estimate of drug-likeness (QED) is 0.831. The number of benzene rings is 1. The zero-order chi connectivity index (χ0) is 13.5. The Bertz CT molecular complexity index is 398. The molecule has 0 radical (unpaired) electrons. The van der Waals surface area contributed by atoms with Crippen LogP contribution in [0.15, 0.2) is 24.3 Å². The molecule has 0 saturated heterocycles. The van der Waals surface area contributed by atoms with Crippen LogP contribution in [0.25, 0.3) is 0 Å². The second-order valence-corrected chi connectivity index (χ2v) is 4.05. The van der Waals surface area contributed by atoms with Crippen LogP contribution in [-0.2, 0) is 4.79 Å². The number of hydrogen-bond donors (Lipinski definition) is 1. The fourth-order valence-electron chi connectivity index (χ4n) is 1.48. The minimum absolute atomic E-state index is 0.0976. The van der Waals surface area contributed by atoms with Crippen LogP contribution in [-0.4, -0.2) is 44.1 Å². The highest BCUT2D eigenvalue weighted by atomic mass is 19.1. The lowest BCUT2D eigenvalue weighted by Gasteiger charge is -2.22. The lowest BCUT2D eigenvalue weighted by atomic mass is 10.3. The van der Waals surface area contributed by atoms with E-state index in [1.54, 1.807) is 31.0 Å². The number of nitrogens with zero attached hydrogens (tertiary/aromatic N) is 1. The van der Waals surface area contributed by atoms with Gasteiger partial charge in [-0.2, -0.15) is 0 Å². The number of halogens is 1. The van der Waals surface area contributed by atoms with Gasteiger partial charge in [0.05, 0.1) is 0 Å². The first-order valence-electron chi connectivity index (χ1n) is 5.87. The summed E-state index contributed by atoms with van der Waals surface area (Å²) in [5, 5.41) is 2.96. The van der Waals surface area contributed by atoms with E-state index < -0.39 is 11.9 Å². The predicted molar refractivity (Wildman–Crippen MR) is 68.1 cm³/mol. The van der Waals surface area contributed by atoms with E-state index in [-0.39, 0.29) is 11.7 Å². The molecule has 1 amide bonds. The second-order valence-electron chi connectivity index (χ2n) is 4.05. The molecule has 1 N–H and O–H groups in total. The normalized spacial score (nSPS) is 12.0. The maximum Gasteiger partial charge on any atom is 0.263 e. The number of carbonyl (C=O) groups is 1. The van der Waals surface area contributed by atoms with Gasteiger partial charge in [0.1, 0.15) is 0 Å². The van der Waals surface area contributed by atoms with Crippen LogP contribution in [0.5, 0.6) is 5.75 Å². The SMILES string of the molecule is CNCCN(C)C(=O)C(C)Oc1ccccc1F. The standard InChI is InChI=1S/C13H19FN2O2/c1-10(13(17)16(3)9-8-15-2)18-12-7-5-4-6-11(12)14/h4-7,10,15H,8-9H2,1-3H3. The van der Waals surface area contributed by atoms with E-state index in [9.17, 15) is 9.18 Å². The van der Waals surface area contributed by atoms with Gasteiger partial charge in [-0.15, -0.1) is 0 Å². The number of nitrogens with one attached hydrogen (secondary N) is 1. The van der Waals surface area contributed by atoms with Crippen molar-refractivity contribution in [3.63, 3.8) is 0 Å². The Morgan fingerprint density at radius 1 is 1.50 bits per heavy atom. The number of ether oxygens (including phenoxy) is 1. The summed E-state index contributed by atoms with van der Waals surface area (Å²) in [4.78, 5) is 13.5. The molecule has 0 heterocycles. The van der Waals surface area contributed by atoms with E-state index in [2.05, 4.69) is 5.32 Å². The van der Waals surface area contributed by atoms with Crippen molar-refractivity contribution in [2.75, 3.05) is 27.2 Å². The van der Waals surface area contributed by atoms with Gasteiger partial charge >= 0.3 is 0 Å². The Hall–Kier alpha value is -1.62. The van der Waals surface area contributed by atoms with Crippen molar-refractivity contribution in [1.29, 1.82) is 0 Å². The Morgan fingerprint density at radius 3 is 2.78 bits per heavy atom. The highest BCUT2D eigenvalue weighted by Gasteiger charge is 2.19. The molecular formula is C13H19FN2O2. The number of likely N-dealkylation sites (N-methyl/N-ethyl adjacent to an activating group) is 2. The summed E-state index contributed by atoms with van der Waals surface area (Å²) in [5.74, 6) is -0.538. The molecule has 4 nitrogen and oxygen atoms in total. The van der Waals surface area contributed by atoms with Crippen molar-refractivity contribution in [3.05, 3.63) is 30.1 Å². The van der Waals surface area contributed by atoms with Gasteiger partial charge in [-0.05, 0) is 26.1 Å². The largest absolute Gasteiger partial charge is 0.478 e. The lowest BCUT2D eigenvalue weighted by Crippen LogP contribution is -2.40. The zero-order valence-corrected chi connectivity index (χ0v) is 10.9. The topological polar surface area (TPSA) is 41.6 Å². The molecule has 0 saturated carbocycles. The molecule has 0 aliphatic rings. The Labute approximate surface area is 107 Å². The molecular weight excluding hydrogens is 235 g/mol. The maximum atomic E-state index is 13.4. The molecule has 1 aromatic rings. The van der Waals surface area contributed by atoms with Gasteiger partial charge in [0, 0.05) is 20.1 Å². The van der Waals surface area contributed by atoms with Gasteiger partial charge in [0.15, 0.2) is 17.7 Å². The van der Waals surface area contributed by atoms with Gasteiger partial charge in [0.25, 0.3) is 5.91 Å². The summed E-state index contributed by atoms with van der Waals surface area (Å²) >= 11 is 0. The number of hydrogen-bond acceptors (Lipinski definition) is 3. The summed E-state index contributed by atoms with van der Waals surface area (Å²) in [6.07, 6.45) is -0.705. The zero-order valence-electron chi connectivity index (χ0n) is 10.9. The number of para-hydroxylation sites is 1. The second kappa shape index (κ2) is 6.96. The van der Waals surface area contributed by atoms with E-state index in [1.165, 1.54) is 12.1 Å². The van der Waals surface area contributed by atoms with E-state index in [0.29, 0.717) is 13.1 Å². The average Bonchev–Trinajstić information content (AvgIpc) is 2.37. The van der Waals surface area contributed by atoms with Crippen LogP contribution in [0, 0.1) is 5.82 Å². The van der Waals surface area contributed by atoms with Crippen LogP contribution >= 0.6 is 0 Å². The Kier molecular flexibility index (Phi) is 5.58. The van der Waals surface area contributed by atoms with Gasteiger partial charge < -0.3 is 15.0 Å².